The average Bonchev–Trinajstić information content (AvgIpc) is 2.53. The highest BCUT2D eigenvalue weighted by molar-refractivity contribution is 14.1. The van der Waals surface area contributed by atoms with Crippen LogP contribution in [0.5, 0.6) is 11.5 Å². The number of hydrogen-bond donors (Lipinski definition) is 1. The summed E-state index contributed by atoms with van der Waals surface area (Å²) in [6.45, 7) is 2.99. The van der Waals surface area contributed by atoms with Crippen LogP contribution in [0.15, 0.2) is 24.4 Å². The van der Waals surface area contributed by atoms with E-state index in [4.69, 9.17) is 9.47 Å². The lowest BCUT2D eigenvalue weighted by Crippen LogP contribution is -2.06. The molecule has 2 rings (SSSR count). The molecule has 0 amide bonds. The lowest BCUT2D eigenvalue weighted by atomic mass is 10.1. The Morgan fingerprint density at radius 3 is 2.71 bits per heavy atom. The first-order valence-corrected chi connectivity index (χ1v) is 7.76. The van der Waals surface area contributed by atoms with Gasteiger partial charge in [0, 0.05) is 12.7 Å². The number of hydrogen-bond acceptors (Lipinski definition) is 5. The van der Waals surface area contributed by atoms with Crippen molar-refractivity contribution in [2.45, 2.75) is 13.3 Å². The Morgan fingerprint density at radius 1 is 1.24 bits per heavy atom. The minimum atomic E-state index is 0.616. The van der Waals surface area contributed by atoms with Gasteiger partial charge in [-0.15, -0.1) is 0 Å². The Labute approximate surface area is 138 Å². The number of benzene rings is 1. The van der Waals surface area contributed by atoms with E-state index in [0.717, 1.165) is 27.9 Å². The van der Waals surface area contributed by atoms with E-state index < -0.39 is 0 Å². The maximum absolute atomic E-state index is 5.45. The monoisotopic (exact) mass is 399 g/mol. The third kappa shape index (κ3) is 3.55. The molecule has 0 radical (unpaired) electrons. The number of nitrogens with one attached hydrogen (secondary N) is 1. The van der Waals surface area contributed by atoms with Crippen molar-refractivity contribution in [3.63, 3.8) is 0 Å². The number of nitrogens with zero attached hydrogens (tertiary/aromatic N) is 2. The smallest absolute Gasteiger partial charge is 0.171 e. The van der Waals surface area contributed by atoms with E-state index >= 15 is 0 Å². The van der Waals surface area contributed by atoms with Crippen molar-refractivity contribution in [3.8, 4) is 22.9 Å². The molecule has 0 fully saturated rings. The predicted molar refractivity (Wildman–Crippen MR) is 92.1 cm³/mol. The number of aromatic nitrogens is 2. The summed E-state index contributed by atoms with van der Waals surface area (Å²) in [6, 6.07) is 5.68. The van der Waals surface area contributed by atoms with E-state index in [0.29, 0.717) is 17.3 Å². The van der Waals surface area contributed by atoms with E-state index in [1.54, 1.807) is 20.4 Å². The Bertz CT molecular complexity index is 620. The quantitative estimate of drug-likeness (QED) is 0.753. The van der Waals surface area contributed by atoms with Crippen LogP contribution in [0.2, 0.25) is 0 Å². The molecule has 0 spiro atoms. The Balaban J connectivity index is 2.47. The molecule has 1 aromatic heterocycles. The molecule has 0 saturated heterocycles. The molecule has 1 aromatic carbocycles. The summed E-state index contributed by atoms with van der Waals surface area (Å²) in [5.41, 5.74) is 0.813. The predicted octanol–water partition coefficient (Wildman–Crippen LogP) is 3.59. The number of anilines is 1. The molecule has 5 nitrogen and oxygen atoms in total. The lowest BCUT2D eigenvalue weighted by Gasteiger charge is -2.13. The fraction of sp³-hybridized carbons (Fsp3) is 0.333. The molecule has 21 heavy (non-hydrogen) atoms. The van der Waals surface area contributed by atoms with E-state index in [1.165, 1.54) is 0 Å². The van der Waals surface area contributed by atoms with Crippen LogP contribution in [0.25, 0.3) is 11.4 Å². The zero-order valence-electron chi connectivity index (χ0n) is 12.3. The van der Waals surface area contributed by atoms with Crippen LogP contribution in [0.4, 0.5) is 5.82 Å². The summed E-state index contributed by atoms with van der Waals surface area (Å²) < 4.78 is 11.8. The second-order valence-electron chi connectivity index (χ2n) is 4.36. The van der Waals surface area contributed by atoms with Gasteiger partial charge in [-0.2, -0.15) is 0 Å². The molecule has 0 unspecified atom stereocenters. The van der Waals surface area contributed by atoms with Crippen molar-refractivity contribution in [2.75, 3.05) is 26.1 Å². The largest absolute Gasteiger partial charge is 0.493 e. The van der Waals surface area contributed by atoms with Gasteiger partial charge in [0.2, 0.25) is 0 Å². The first-order valence-electron chi connectivity index (χ1n) is 6.69. The zero-order chi connectivity index (χ0) is 15.2. The number of para-hydroxylation sites is 1. The van der Waals surface area contributed by atoms with Crippen molar-refractivity contribution >= 4 is 28.4 Å². The fourth-order valence-electron chi connectivity index (χ4n) is 1.93. The molecule has 1 heterocycles. The van der Waals surface area contributed by atoms with Crippen LogP contribution in [0, 0.1) is 3.57 Å². The fourth-order valence-corrected chi connectivity index (χ4v) is 2.38. The van der Waals surface area contributed by atoms with Gasteiger partial charge in [0.1, 0.15) is 5.82 Å². The van der Waals surface area contributed by atoms with E-state index in [1.807, 2.05) is 18.2 Å². The topological polar surface area (TPSA) is 56.3 Å². The first-order chi connectivity index (χ1) is 10.2. The van der Waals surface area contributed by atoms with Crippen molar-refractivity contribution in [1.29, 1.82) is 0 Å². The third-order valence-electron chi connectivity index (χ3n) is 2.93. The average molecular weight is 399 g/mol. The van der Waals surface area contributed by atoms with Crippen LogP contribution in [-0.4, -0.2) is 30.7 Å². The second-order valence-corrected chi connectivity index (χ2v) is 5.52. The summed E-state index contributed by atoms with van der Waals surface area (Å²) in [4.78, 5) is 9.01. The molecule has 1 N–H and O–H groups in total. The number of methoxy groups -OCH3 is 2. The molecule has 0 aliphatic carbocycles. The molecule has 0 aliphatic rings. The Kier molecular flexibility index (Phi) is 5.60. The number of rotatable bonds is 6. The van der Waals surface area contributed by atoms with Gasteiger partial charge in [0.05, 0.1) is 23.4 Å². The summed E-state index contributed by atoms with van der Waals surface area (Å²) in [7, 11) is 3.23. The third-order valence-corrected chi connectivity index (χ3v) is 3.72. The molecule has 2 aromatic rings. The first kappa shape index (κ1) is 15.8. The summed E-state index contributed by atoms with van der Waals surface area (Å²) >= 11 is 2.22. The maximum atomic E-state index is 5.45. The molecule has 0 bridgehead atoms. The molecular weight excluding hydrogens is 381 g/mol. The minimum Gasteiger partial charge on any atom is -0.493 e. The SMILES string of the molecule is CCCNc1nc(-c2cccc(OC)c2OC)ncc1I. The lowest BCUT2D eigenvalue weighted by molar-refractivity contribution is 0.356. The minimum absolute atomic E-state index is 0.616. The summed E-state index contributed by atoms with van der Waals surface area (Å²) in [6.07, 6.45) is 2.84. The Hall–Kier alpha value is -1.57. The molecule has 112 valence electrons. The van der Waals surface area contributed by atoms with Gasteiger partial charge in [0.25, 0.3) is 0 Å². The molecular formula is C15H18IN3O2. The number of ether oxygens (including phenoxy) is 2. The van der Waals surface area contributed by atoms with Crippen LogP contribution < -0.4 is 14.8 Å². The van der Waals surface area contributed by atoms with Gasteiger partial charge in [-0.1, -0.05) is 13.0 Å². The molecule has 0 aliphatic heterocycles. The van der Waals surface area contributed by atoms with Crippen LogP contribution in [0.3, 0.4) is 0 Å². The van der Waals surface area contributed by atoms with Gasteiger partial charge < -0.3 is 14.8 Å². The highest BCUT2D eigenvalue weighted by Crippen LogP contribution is 2.36. The van der Waals surface area contributed by atoms with E-state index in [2.05, 4.69) is 44.8 Å². The van der Waals surface area contributed by atoms with Crippen molar-refractivity contribution in [2.24, 2.45) is 0 Å². The molecule has 0 saturated carbocycles. The zero-order valence-corrected chi connectivity index (χ0v) is 14.5. The highest BCUT2D eigenvalue weighted by Gasteiger charge is 2.15. The van der Waals surface area contributed by atoms with Gasteiger partial charge >= 0.3 is 0 Å². The summed E-state index contributed by atoms with van der Waals surface area (Å²) in [5, 5.41) is 3.31. The van der Waals surface area contributed by atoms with Crippen molar-refractivity contribution in [3.05, 3.63) is 28.0 Å². The van der Waals surface area contributed by atoms with Crippen LogP contribution in [0.1, 0.15) is 13.3 Å². The van der Waals surface area contributed by atoms with E-state index in [-0.39, 0.29) is 0 Å². The highest BCUT2D eigenvalue weighted by atomic mass is 127. The van der Waals surface area contributed by atoms with E-state index in [9.17, 15) is 0 Å². The van der Waals surface area contributed by atoms with Gasteiger partial charge in [-0.05, 0) is 41.1 Å². The maximum Gasteiger partial charge on any atom is 0.171 e. The van der Waals surface area contributed by atoms with Crippen LogP contribution in [-0.2, 0) is 0 Å². The normalized spacial score (nSPS) is 10.3. The Morgan fingerprint density at radius 2 is 2.05 bits per heavy atom. The van der Waals surface area contributed by atoms with Gasteiger partial charge in [0.15, 0.2) is 17.3 Å². The van der Waals surface area contributed by atoms with Crippen molar-refractivity contribution in [1.82, 2.24) is 9.97 Å². The second kappa shape index (κ2) is 7.44. The van der Waals surface area contributed by atoms with Crippen molar-refractivity contribution < 1.29 is 9.47 Å². The van der Waals surface area contributed by atoms with Crippen LogP contribution >= 0.6 is 22.6 Å². The number of halogens is 1. The van der Waals surface area contributed by atoms with Gasteiger partial charge in [-0.3, -0.25) is 0 Å². The molecule has 6 heteroatoms. The summed E-state index contributed by atoms with van der Waals surface area (Å²) in [5.74, 6) is 2.76. The van der Waals surface area contributed by atoms with Gasteiger partial charge in [-0.25, -0.2) is 9.97 Å². The molecule has 0 atom stereocenters. The standard InChI is InChI=1S/C15H18IN3O2/c1-4-8-17-15-11(16)9-18-14(19-15)10-6-5-7-12(20-2)13(10)21-3/h5-7,9H,4,8H2,1-3H3,(H,17,18,19).